The Kier molecular flexibility index (Phi) is 11.4. The molecule has 1 radical (unpaired) electrons. The molecule has 17 heavy (non-hydrogen) atoms. The van der Waals surface area contributed by atoms with Crippen LogP contribution < -0.4 is 0 Å². The Morgan fingerprint density at radius 1 is 1.12 bits per heavy atom. The van der Waals surface area contributed by atoms with E-state index in [1.165, 1.54) is 6.07 Å². The Morgan fingerprint density at radius 3 is 2.18 bits per heavy atom. The third kappa shape index (κ3) is 5.94. The van der Waals surface area contributed by atoms with Crippen molar-refractivity contribution in [1.82, 2.24) is 15.0 Å². The van der Waals surface area contributed by atoms with Gasteiger partial charge >= 0.3 is 0 Å². The van der Waals surface area contributed by atoms with Gasteiger partial charge in [-0.1, -0.05) is 13.8 Å². The summed E-state index contributed by atoms with van der Waals surface area (Å²) in [5.41, 5.74) is 0.516. The quantitative estimate of drug-likeness (QED) is 0.760. The van der Waals surface area contributed by atoms with E-state index in [1.807, 2.05) is 13.8 Å². The average molecular weight is 308 g/mol. The van der Waals surface area contributed by atoms with Gasteiger partial charge in [-0.3, -0.25) is 0 Å². The van der Waals surface area contributed by atoms with Crippen LogP contribution >= 0.6 is 0 Å². The van der Waals surface area contributed by atoms with Gasteiger partial charge in [0.15, 0.2) is 0 Å². The molecule has 0 atom stereocenters. The summed E-state index contributed by atoms with van der Waals surface area (Å²) in [5, 5.41) is 0. The number of rotatable bonds is 1. The van der Waals surface area contributed by atoms with E-state index in [0.717, 1.165) is 6.20 Å². The molecule has 0 fully saturated rings. The van der Waals surface area contributed by atoms with E-state index in [4.69, 9.17) is 0 Å². The minimum atomic E-state index is -0.486. The standard InChI is InChI=1S/C9H5FN3.C2H6.CH3.Y/c10-7-2-3-8(13-6-7)9-11-4-1-5-12-9;1-2;;/h1,3-6H;1-2H3;1H3;/q-1;;-1;. The van der Waals surface area contributed by atoms with Crippen LogP contribution in [-0.4, -0.2) is 15.0 Å². The van der Waals surface area contributed by atoms with Crippen LogP contribution in [0.3, 0.4) is 0 Å². The van der Waals surface area contributed by atoms with Crippen LogP contribution in [0.5, 0.6) is 0 Å². The first kappa shape index (κ1) is 18.6. The summed E-state index contributed by atoms with van der Waals surface area (Å²) in [6, 6.07) is 5.52. The van der Waals surface area contributed by atoms with Gasteiger partial charge in [0, 0.05) is 50.9 Å². The molecule has 89 valence electrons. The molecule has 2 heterocycles. The van der Waals surface area contributed by atoms with Gasteiger partial charge < -0.3 is 12.4 Å². The van der Waals surface area contributed by atoms with Crippen molar-refractivity contribution in [2.24, 2.45) is 0 Å². The molecule has 0 aliphatic rings. The Hall–Kier alpha value is -0.736. The second-order valence-electron chi connectivity index (χ2n) is 2.35. The fourth-order valence-corrected chi connectivity index (χ4v) is 0.892. The first-order valence-corrected chi connectivity index (χ1v) is 4.67. The molecule has 0 N–H and O–H groups in total. The molecule has 0 unspecified atom stereocenters. The maximum absolute atomic E-state index is 12.4. The van der Waals surface area contributed by atoms with Crippen molar-refractivity contribution in [3.05, 3.63) is 50.0 Å². The molecule has 0 aromatic carbocycles. The zero-order valence-electron chi connectivity index (χ0n) is 10.2. The van der Waals surface area contributed by atoms with E-state index in [2.05, 4.69) is 21.0 Å². The maximum atomic E-state index is 12.4. The number of aromatic nitrogens is 3. The van der Waals surface area contributed by atoms with Crippen molar-refractivity contribution >= 4 is 0 Å². The third-order valence-corrected chi connectivity index (χ3v) is 1.46. The van der Waals surface area contributed by atoms with Crippen molar-refractivity contribution < 1.29 is 37.1 Å². The first-order valence-electron chi connectivity index (χ1n) is 4.67. The van der Waals surface area contributed by atoms with E-state index in [1.54, 1.807) is 18.5 Å². The van der Waals surface area contributed by atoms with Crippen molar-refractivity contribution in [3.63, 3.8) is 0 Å². The Morgan fingerprint density at radius 2 is 1.71 bits per heavy atom. The summed E-state index contributed by atoms with van der Waals surface area (Å²) in [7, 11) is 0. The van der Waals surface area contributed by atoms with Gasteiger partial charge in [0.25, 0.3) is 0 Å². The molecule has 0 aliphatic carbocycles. The van der Waals surface area contributed by atoms with Crippen LogP contribution in [0.25, 0.3) is 11.5 Å². The number of pyridine rings is 1. The molecule has 0 saturated heterocycles. The molecule has 0 aliphatic heterocycles. The zero-order valence-corrected chi connectivity index (χ0v) is 13.0. The van der Waals surface area contributed by atoms with Crippen LogP contribution in [0, 0.1) is 19.3 Å². The molecule has 2 aromatic rings. The van der Waals surface area contributed by atoms with Gasteiger partial charge in [-0.05, 0) is 18.0 Å². The van der Waals surface area contributed by atoms with Gasteiger partial charge in [-0.25, -0.2) is 14.4 Å². The number of halogens is 1. The Bertz CT molecular complexity index is 392. The molecular weight excluding hydrogens is 294 g/mol. The minimum absolute atomic E-state index is 0. The van der Waals surface area contributed by atoms with Gasteiger partial charge in [0.1, 0.15) is 5.82 Å². The minimum Gasteiger partial charge on any atom is -0.377 e. The summed E-state index contributed by atoms with van der Waals surface area (Å²) < 4.78 is 12.4. The fraction of sp³-hybridized carbons (Fsp3) is 0.167. The van der Waals surface area contributed by atoms with Crippen LogP contribution in [0.2, 0.25) is 0 Å². The van der Waals surface area contributed by atoms with Gasteiger partial charge in [-0.15, -0.1) is 12.1 Å². The normalized spacial score (nSPS) is 7.94. The molecule has 0 saturated carbocycles. The fourth-order valence-electron chi connectivity index (χ4n) is 0.892. The second kappa shape index (κ2) is 10.4. The summed E-state index contributed by atoms with van der Waals surface area (Å²) in [6.45, 7) is 4.00. The molecule has 5 heteroatoms. The average Bonchev–Trinajstić information content (AvgIpc) is 2.34. The predicted octanol–water partition coefficient (Wildman–Crippen LogP) is 2.95. The van der Waals surface area contributed by atoms with Crippen molar-refractivity contribution in [3.8, 4) is 11.5 Å². The topological polar surface area (TPSA) is 38.7 Å². The Balaban J connectivity index is 0. The van der Waals surface area contributed by atoms with E-state index >= 15 is 0 Å². The summed E-state index contributed by atoms with van der Waals surface area (Å²) in [4.78, 5) is 11.7. The first-order chi connectivity index (χ1) is 7.36. The SMILES string of the molecule is CC.Fc1[c-]cc(-c2ncccn2)nc1.[CH3-].[Y]. The number of hydrogen-bond acceptors (Lipinski definition) is 3. The summed E-state index contributed by atoms with van der Waals surface area (Å²) >= 11 is 0. The number of nitrogens with zero attached hydrogens (tertiary/aromatic N) is 3. The van der Waals surface area contributed by atoms with Crippen LogP contribution in [0.1, 0.15) is 13.8 Å². The van der Waals surface area contributed by atoms with E-state index in [-0.39, 0.29) is 40.1 Å². The predicted molar refractivity (Wildman–Crippen MR) is 61.8 cm³/mol. The zero-order chi connectivity index (χ0) is 11.1. The van der Waals surface area contributed by atoms with Gasteiger partial charge in [-0.2, -0.15) is 0 Å². The molecular formula is C12H14FN3Y-2. The Labute approximate surface area is 127 Å². The van der Waals surface area contributed by atoms with Crippen LogP contribution in [0.15, 0.2) is 30.7 Å². The van der Waals surface area contributed by atoms with E-state index in [0.29, 0.717) is 11.5 Å². The van der Waals surface area contributed by atoms with Crippen LogP contribution in [0.4, 0.5) is 4.39 Å². The van der Waals surface area contributed by atoms with Crippen molar-refractivity contribution in [1.29, 1.82) is 0 Å². The maximum Gasteiger partial charge on any atom is 0.121 e. The molecule has 0 amide bonds. The summed E-state index contributed by atoms with van der Waals surface area (Å²) in [6.07, 6.45) is 4.30. The van der Waals surface area contributed by atoms with Crippen molar-refractivity contribution in [2.45, 2.75) is 13.8 Å². The smallest absolute Gasteiger partial charge is 0.121 e. The summed E-state index contributed by atoms with van der Waals surface area (Å²) in [5.74, 6) is -0.0153. The molecule has 2 aromatic heterocycles. The van der Waals surface area contributed by atoms with Gasteiger partial charge in [0.05, 0.1) is 0 Å². The molecule has 3 nitrogen and oxygen atoms in total. The van der Waals surface area contributed by atoms with Crippen LogP contribution in [-0.2, 0) is 32.7 Å². The molecule has 0 spiro atoms. The van der Waals surface area contributed by atoms with Gasteiger partial charge in [0.2, 0.25) is 0 Å². The molecule has 2 rings (SSSR count). The second-order valence-corrected chi connectivity index (χ2v) is 2.35. The molecule has 0 bridgehead atoms. The van der Waals surface area contributed by atoms with E-state index in [9.17, 15) is 4.39 Å². The third-order valence-electron chi connectivity index (χ3n) is 1.46. The van der Waals surface area contributed by atoms with E-state index < -0.39 is 5.82 Å². The number of hydrogen-bond donors (Lipinski definition) is 0. The largest absolute Gasteiger partial charge is 0.377 e. The monoisotopic (exact) mass is 308 g/mol. The van der Waals surface area contributed by atoms with Crippen molar-refractivity contribution in [2.75, 3.05) is 0 Å².